The molecule has 1 aromatic carbocycles. The van der Waals surface area contributed by atoms with E-state index in [2.05, 4.69) is 10.6 Å². The van der Waals surface area contributed by atoms with Crippen molar-refractivity contribution in [2.24, 2.45) is 0 Å². The molecule has 2 N–H and O–H groups in total. The number of nitrogens with one attached hydrogen (secondary N) is 2. The van der Waals surface area contributed by atoms with E-state index in [9.17, 15) is 9.59 Å². The van der Waals surface area contributed by atoms with Crippen LogP contribution in [0.25, 0.3) is 0 Å². The van der Waals surface area contributed by atoms with Crippen molar-refractivity contribution in [1.29, 1.82) is 0 Å². The second kappa shape index (κ2) is 6.97. The average Bonchev–Trinajstić information content (AvgIpc) is 3.26. The first-order chi connectivity index (χ1) is 10.1. The summed E-state index contributed by atoms with van der Waals surface area (Å²) in [4.78, 5) is 23.4. The average molecular weight is 292 g/mol. The summed E-state index contributed by atoms with van der Waals surface area (Å²) in [5, 5.41) is 5.19. The molecule has 1 fully saturated rings. The second-order valence-corrected chi connectivity index (χ2v) is 4.73. The van der Waals surface area contributed by atoms with Gasteiger partial charge in [0.05, 0.1) is 13.2 Å². The Balaban J connectivity index is 2.02. The molecule has 114 valence electrons. The highest BCUT2D eigenvalue weighted by Gasteiger charge is 2.26. The Kier molecular flexibility index (Phi) is 5.03. The quantitative estimate of drug-likeness (QED) is 0.782. The van der Waals surface area contributed by atoms with E-state index in [0.717, 1.165) is 12.8 Å². The molecule has 21 heavy (non-hydrogen) atoms. The van der Waals surface area contributed by atoms with E-state index in [1.807, 2.05) is 13.8 Å². The number of hydrogen-bond acceptors (Lipinski definition) is 4. The third-order valence-corrected chi connectivity index (χ3v) is 2.92. The van der Waals surface area contributed by atoms with Crippen molar-refractivity contribution < 1.29 is 19.1 Å². The van der Waals surface area contributed by atoms with Crippen LogP contribution >= 0.6 is 0 Å². The summed E-state index contributed by atoms with van der Waals surface area (Å²) < 4.78 is 10.9. The van der Waals surface area contributed by atoms with Crippen LogP contribution in [0.4, 0.5) is 5.69 Å². The van der Waals surface area contributed by atoms with Crippen LogP contribution in [0, 0.1) is 0 Å². The summed E-state index contributed by atoms with van der Waals surface area (Å²) in [6.45, 7) is 4.76. The number of anilines is 1. The van der Waals surface area contributed by atoms with E-state index < -0.39 is 11.8 Å². The number of amides is 2. The lowest BCUT2D eigenvalue weighted by atomic mass is 10.2. The van der Waals surface area contributed by atoms with Crippen molar-refractivity contribution in [3.05, 3.63) is 18.2 Å². The van der Waals surface area contributed by atoms with Gasteiger partial charge in [0.15, 0.2) is 11.5 Å². The van der Waals surface area contributed by atoms with Gasteiger partial charge in [-0.1, -0.05) is 0 Å². The molecular weight excluding hydrogens is 272 g/mol. The molecule has 0 atom stereocenters. The van der Waals surface area contributed by atoms with Gasteiger partial charge in [-0.25, -0.2) is 0 Å². The zero-order valence-corrected chi connectivity index (χ0v) is 12.3. The third-order valence-electron chi connectivity index (χ3n) is 2.92. The van der Waals surface area contributed by atoms with Gasteiger partial charge in [0, 0.05) is 17.8 Å². The molecular formula is C15H20N2O4. The van der Waals surface area contributed by atoms with E-state index in [0.29, 0.717) is 30.4 Å². The predicted molar refractivity (Wildman–Crippen MR) is 78.6 cm³/mol. The standard InChI is InChI=1S/C15H20N2O4/c1-3-20-12-8-7-11(9-13(12)21-4-2)17-15(19)14(18)16-10-5-6-10/h7-10H,3-6H2,1-2H3,(H,16,18)(H,17,19). The van der Waals surface area contributed by atoms with Crippen LogP contribution in [0.15, 0.2) is 18.2 Å². The van der Waals surface area contributed by atoms with E-state index >= 15 is 0 Å². The molecule has 0 aromatic heterocycles. The van der Waals surface area contributed by atoms with E-state index in [1.54, 1.807) is 18.2 Å². The maximum atomic E-state index is 11.8. The number of carbonyl (C=O) groups excluding carboxylic acids is 2. The maximum absolute atomic E-state index is 11.8. The molecule has 0 spiro atoms. The Morgan fingerprint density at radius 2 is 1.76 bits per heavy atom. The molecule has 0 aliphatic heterocycles. The van der Waals surface area contributed by atoms with E-state index in [1.165, 1.54) is 0 Å². The highest BCUT2D eigenvalue weighted by Crippen LogP contribution is 2.30. The number of rotatable bonds is 6. The molecule has 0 heterocycles. The Morgan fingerprint density at radius 3 is 2.38 bits per heavy atom. The lowest BCUT2D eigenvalue weighted by Gasteiger charge is -2.13. The lowest BCUT2D eigenvalue weighted by Crippen LogP contribution is -2.36. The number of benzene rings is 1. The van der Waals surface area contributed by atoms with Crippen molar-refractivity contribution in [3.8, 4) is 11.5 Å². The van der Waals surface area contributed by atoms with Gasteiger partial charge >= 0.3 is 11.8 Å². The number of hydrogen-bond donors (Lipinski definition) is 2. The zero-order chi connectivity index (χ0) is 15.2. The summed E-state index contributed by atoms with van der Waals surface area (Å²) in [6.07, 6.45) is 1.88. The third kappa shape index (κ3) is 4.37. The van der Waals surface area contributed by atoms with E-state index in [4.69, 9.17) is 9.47 Å². The van der Waals surface area contributed by atoms with Gasteiger partial charge in [-0.2, -0.15) is 0 Å². The van der Waals surface area contributed by atoms with Crippen molar-refractivity contribution in [3.63, 3.8) is 0 Å². The molecule has 1 aromatic rings. The first kappa shape index (κ1) is 15.2. The van der Waals surface area contributed by atoms with Gasteiger partial charge in [-0.3, -0.25) is 9.59 Å². The number of ether oxygens (including phenoxy) is 2. The summed E-state index contributed by atoms with van der Waals surface area (Å²) >= 11 is 0. The van der Waals surface area contributed by atoms with Gasteiger partial charge in [0.25, 0.3) is 0 Å². The normalized spacial score (nSPS) is 13.4. The Morgan fingerprint density at radius 1 is 1.10 bits per heavy atom. The van der Waals surface area contributed by atoms with Crippen molar-refractivity contribution in [1.82, 2.24) is 5.32 Å². The van der Waals surface area contributed by atoms with Crippen molar-refractivity contribution >= 4 is 17.5 Å². The predicted octanol–water partition coefficient (Wildman–Crippen LogP) is 1.70. The smallest absolute Gasteiger partial charge is 0.313 e. The molecule has 0 bridgehead atoms. The minimum Gasteiger partial charge on any atom is -0.490 e. The van der Waals surface area contributed by atoms with Crippen LogP contribution in [0.1, 0.15) is 26.7 Å². The Hall–Kier alpha value is -2.24. The van der Waals surface area contributed by atoms with Crippen LogP contribution in [-0.2, 0) is 9.59 Å². The molecule has 6 nitrogen and oxygen atoms in total. The van der Waals surface area contributed by atoms with Gasteiger partial charge < -0.3 is 20.1 Å². The molecule has 2 rings (SSSR count). The fourth-order valence-electron chi connectivity index (χ4n) is 1.80. The monoisotopic (exact) mass is 292 g/mol. The van der Waals surface area contributed by atoms with Crippen LogP contribution in [0.5, 0.6) is 11.5 Å². The Bertz CT molecular complexity index is 526. The minimum atomic E-state index is -0.673. The topological polar surface area (TPSA) is 76.7 Å². The Labute approximate surface area is 123 Å². The summed E-state index contributed by atoms with van der Waals surface area (Å²) in [6, 6.07) is 5.19. The largest absolute Gasteiger partial charge is 0.490 e. The second-order valence-electron chi connectivity index (χ2n) is 4.73. The fraction of sp³-hybridized carbons (Fsp3) is 0.467. The van der Waals surface area contributed by atoms with Gasteiger partial charge in [-0.05, 0) is 38.8 Å². The minimum absolute atomic E-state index is 0.155. The van der Waals surface area contributed by atoms with Crippen molar-refractivity contribution in [2.75, 3.05) is 18.5 Å². The summed E-state index contributed by atoms with van der Waals surface area (Å²) in [5.74, 6) is -0.127. The summed E-state index contributed by atoms with van der Waals surface area (Å²) in [5.41, 5.74) is 0.498. The van der Waals surface area contributed by atoms with Crippen LogP contribution in [0.2, 0.25) is 0 Å². The van der Waals surface area contributed by atoms with Crippen LogP contribution in [-0.4, -0.2) is 31.1 Å². The van der Waals surface area contributed by atoms with E-state index in [-0.39, 0.29) is 6.04 Å². The fourth-order valence-corrected chi connectivity index (χ4v) is 1.80. The molecule has 0 unspecified atom stereocenters. The van der Waals surface area contributed by atoms with Crippen molar-refractivity contribution in [2.45, 2.75) is 32.7 Å². The first-order valence-electron chi connectivity index (χ1n) is 7.15. The molecule has 0 saturated heterocycles. The maximum Gasteiger partial charge on any atom is 0.313 e. The molecule has 2 amide bonds. The highest BCUT2D eigenvalue weighted by molar-refractivity contribution is 6.39. The number of carbonyl (C=O) groups is 2. The van der Waals surface area contributed by atoms with Gasteiger partial charge in [0.2, 0.25) is 0 Å². The van der Waals surface area contributed by atoms with Gasteiger partial charge in [-0.15, -0.1) is 0 Å². The van der Waals surface area contributed by atoms with Crippen LogP contribution < -0.4 is 20.1 Å². The molecule has 1 aliphatic rings. The summed E-state index contributed by atoms with van der Waals surface area (Å²) in [7, 11) is 0. The molecule has 6 heteroatoms. The first-order valence-corrected chi connectivity index (χ1v) is 7.15. The van der Waals surface area contributed by atoms with Gasteiger partial charge in [0.1, 0.15) is 0 Å². The molecule has 1 aliphatic carbocycles. The molecule has 1 saturated carbocycles. The highest BCUT2D eigenvalue weighted by atomic mass is 16.5. The lowest BCUT2D eigenvalue weighted by molar-refractivity contribution is -0.136. The zero-order valence-electron chi connectivity index (χ0n) is 12.3. The molecule has 0 radical (unpaired) electrons. The SMILES string of the molecule is CCOc1ccc(NC(=O)C(=O)NC2CC2)cc1OCC. The van der Waals surface area contributed by atoms with Crippen LogP contribution in [0.3, 0.4) is 0 Å².